The molecule has 1 amide bonds. The zero-order valence-corrected chi connectivity index (χ0v) is 18.2. The second-order valence-electron chi connectivity index (χ2n) is 7.77. The number of rotatable bonds is 4. The maximum atomic E-state index is 13.1. The number of benzene rings is 1. The zero-order valence-electron chi connectivity index (χ0n) is 16.2. The van der Waals surface area contributed by atoms with Crippen LogP contribution in [0.15, 0.2) is 43.0 Å². The molecule has 5 nitrogen and oxygen atoms in total. The maximum Gasteiger partial charge on any atom is 0.411 e. The smallest absolute Gasteiger partial charge is 0.411 e. The van der Waals surface area contributed by atoms with Crippen LogP contribution in [0.5, 0.6) is 0 Å². The van der Waals surface area contributed by atoms with Crippen LogP contribution < -0.4 is 0 Å². The molecule has 1 aromatic carbocycles. The Balaban J connectivity index is 2.25. The van der Waals surface area contributed by atoms with Gasteiger partial charge in [-0.1, -0.05) is 36.4 Å². The van der Waals surface area contributed by atoms with Gasteiger partial charge in [0, 0.05) is 16.8 Å². The largest absolute Gasteiger partial charge is 0.459 e. The molecule has 0 aliphatic carbocycles. The number of piperidine rings is 1. The lowest BCUT2D eigenvalue weighted by Crippen LogP contribution is -2.62. The lowest BCUT2D eigenvalue weighted by molar-refractivity contribution is -0.158. The Bertz CT molecular complexity index is 656. The van der Waals surface area contributed by atoms with Crippen molar-refractivity contribution < 1.29 is 19.1 Å². The van der Waals surface area contributed by atoms with Gasteiger partial charge in [0.25, 0.3) is 0 Å². The topological polar surface area (TPSA) is 55.8 Å². The molecule has 1 aromatic rings. The number of nitrogens with zero attached hydrogens (tertiary/aromatic N) is 1. The van der Waals surface area contributed by atoms with Crippen LogP contribution in [0.4, 0.5) is 4.79 Å². The van der Waals surface area contributed by atoms with Crippen molar-refractivity contribution in [1.29, 1.82) is 0 Å². The van der Waals surface area contributed by atoms with E-state index in [0.29, 0.717) is 6.54 Å². The maximum absolute atomic E-state index is 13.1. The van der Waals surface area contributed by atoms with Crippen molar-refractivity contribution in [3.05, 3.63) is 48.6 Å². The molecule has 1 saturated heterocycles. The molecule has 1 heterocycles. The molecule has 0 bridgehead atoms. The third-order valence-electron chi connectivity index (χ3n) is 4.68. The van der Waals surface area contributed by atoms with Crippen molar-refractivity contribution in [3.8, 4) is 0 Å². The van der Waals surface area contributed by atoms with Crippen molar-refractivity contribution in [2.45, 2.75) is 56.9 Å². The van der Waals surface area contributed by atoms with Gasteiger partial charge in [0.05, 0.1) is 0 Å². The molecular formula is C20H29NO4Si. The summed E-state index contributed by atoms with van der Waals surface area (Å²) >= 11 is 0. The summed E-state index contributed by atoms with van der Waals surface area (Å²) in [6, 6.07) is 9.51. The molecule has 6 heteroatoms. The van der Waals surface area contributed by atoms with E-state index in [4.69, 9.17) is 9.47 Å². The van der Waals surface area contributed by atoms with Gasteiger partial charge in [-0.2, -0.15) is 0 Å². The van der Waals surface area contributed by atoms with Gasteiger partial charge in [0.15, 0.2) is 5.54 Å². The van der Waals surface area contributed by atoms with E-state index in [1.807, 2.05) is 51.1 Å². The van der Waals surface area contributed by atoms with Crippen LogP contribution in [0.3, 0.4) is 0 Å². The first-order chi connectivity index (χ1) is 12.2. The van der Waals surface area contributed by atoms with E-state index in [9.17, 15) is 9.59 Å². The highest BCUT2D eigenvalue weighted by atomic mass is 28.1. The van der Waals surface area contributed by atoms with Crippen LogP contribution in [0.2, 0.25) is 5.54 Å². The first-order valence-corrected chi connectivity index (χ1v) is 10.2. The number of carbonyl (C=O) groups is 2. The average molecular weight is 376 g/mol. The van der Waals surface area contributed by atoms with Crippen molar-refractivity contribution in [2.75, 3.05) is 6.54 Å². The number of ether oxygens (including phenoxy) is 2. The molecule has 26 heavy (non-hydrogen) atoms. The quantitative estimate of drug-likeness (QED) is 0.461. The molecule has 0 saturated carbocycles. The Morgan fingerprint density at radius 2 is 2.00 bits per heavy atom. The molecule has 1 aliphatic rings. The number of likely N-dealkylation sites (tertiary alicyclic amines) is 1. The van der Waals surface area contributed by atoms with E-state index < -0.39 is 23.2 Å². The highest BCUT2D eigenvalue weighted by Gasteiger charge is 2.52. The highest BCUT2D eigenvalue weighted by molar-refractivity contribution is 6.16. The molecular weight excluding hydrogens is 346 g/mol. The first-order valence-electron chi connectivity index (χ1n) is 9.06. The van der Waals surface area contributed by atoms with Crippen molar-refractivity contribution in [3.63, 3.8) is 0 Å². The lowest BCUT2D eigenvalue weighted by Gasteiger charge is -2.47. The van der Waals surface area contributed by atoms with E-state index in [1.165, 1.54) is 4.90 Å². The van der Waals surface area contributed by atoms with Crippen LogP contribution in [-0.4, -0.2) is 44.9 Å². The van der Waals surface area contributed by atoms with Gasteiger partial charge in [-0.15, -0.1) is 6.58 Å². The van der Waals surface area contributed by atoms with Gasteiger partial charge in [0.2, 0.25) is 0 Å². The molecule has 1 aliphatic heterocycles. The third-order valence-corrected chi connectivity index (χ3v) is 6.14. The van der Waals surface area contributed by atoms with Gasteiger partial charge in [-0.05, 0) is 44.7 Å². The number of hydrogen-bond acceptors (Lipinski definition) is 4. The number of hydrogen-bond donors (Lipinski definition) is 0. The van der Waals surface area contributed by atoms with E-state index >= 15 is 0 Å². The van der Waals surface area contributed by atoms with Crippen molar-refractivity contribution in [2.24, 2.45) is 0 Å². The predicted octanol–water partition coefficient (Wildman–Crippen LogP) is 2.84. The minimum Gasteiger partial charge on any atom is -0.459 e. The Morgan fingerprint density at radius 3 is 2.58 bits per heavy atom. The summed E-state index contributed by atoms with van der Waals surface area (Å²) in [4.78, 5) is 27.4. The SMILES string of the molecule is C=C[C@@]1(C(=O)OCc2ccccc2)C([SiH3])CCCN1C(=O)OC(C)(C)C. The average Bonchev–Trinajstić information content (AvgIpc) is 2.59. The van der Waals surface area contributed by atoms with Gasteiger partial charge in [0.1, 0.15) is 12.2 Å². The van der Waals surface area contributed by atoms with Crippen LogP contribution >= 0.6 is 0 Å². The normalized spacial score (nSPS) is 23.3. The van der Waals surface area contributed by atoms with E-state index in [1.54, 1.807) is 6.08 Å². The van der Waals surface area contributed by atoms with Crippen molar-refractivity contribution in [1.82, 2.24) is 4.90 Å². The summed E-state index contributed by atoms with van der Waals surface area (Å²) < 4.78 is 11.1. The minimum atomic E-state index is -1.15. The highest BCUT2D eigenvalue weighted by Crippen LogP contribution is 2.39. The Morgan fingerprint density at radius 1 is 1.35 bits per heavy atom. The van der Waals surface area contributed by atoms with Gasteiger partial charge in [-0.25, -0.2) is 9.59 Å². The second kappa shape index (κ2) is 8.08. The fraction of sp³-hybridized carbons (Fsp3) is 0.500. The molecule has 0 spiro atoms. The summed E-state index contributed by atoms with van der Waals surface area (Å²) in [6.07, 6.45) is 2.79. The summed E-state index contributed by atoms with van der Waals surface area (Å²) in [7, 11) is 0.747. The van der Waals surface area contributed by atoms with Gasteiger partial charge in [-0.3, -0.25) is 4.90 Å². The van der Waals surface area contributed by atoms with Crippen LogP contribution in [-0.2, 0) is 20.9 Å². The van der Waals surface area contributed by atoms with Gasteiger partial charge < -0.3 is 9.47 Å². The molecule has 0 aromatic heterocycles. The summed E-state index contributed by atoms with van der Waals surface area (Å²) in [5, 5.41) is 0. The van der Waals surface area contributed by atoms with Crippen molar-refractivity contribution >= 4 is 22.3 Å². The molecule has 1 unspecified atom stereocenters. The molecule has 0 N–H and O–H groups in total. The fourth-order valence-electron chi connectivity index (χ4n) is 3.33. The standard InChI is InChI=1S/C20H29NO4Si/c1-5-20(17(22)24-14-15-10-7-6-8-11-15)16(26)12-9-13-21(20)18(23)25-19(2,3)4/h5-8,10-11,16H,1,9,12-14H2,2-4,26H3/t16?,20-/m0/s1. The van der Waals surface area contributed by atoms with Crippen LogP contribution in [0, 0.1) is 0 Å². The summed E-state index contributed by atoms with van der Waals surface area (Å²) in [5.74, 6) is -0.429. The predicted molar refractivity (Wildman–Crippen MR) is 105 cm³/mol. The van der Waals surface area contributed by atoms with Crippen LogP contribution in [0.1, 0.15) is 39.2 Å². The number of esters is 1. The lowest BCUT2D eigenvalue weighted by atomic mass is 9.86. The Hall–Kier alpha value is -2.08. The molecule has 2 rings (SSSR count). The summed E-state index contributed by atoms with van der Waals surface area (Å²) in [5.41, 5.74) is -0.841. The van der Waals surface area contributed by atoms with E-state index in [0.717, 1.165) is 28.6 Å². The monoisotopic (exact) mass is 375 g/mol. The molecule has 1 fully saturated rings. The van der Waals surface area contributed by atoms with E-state index in [2.05, 4.69) is 6.58 Å². The second-order valence-corrected chi connectivity index (χ2v) is 9.16. The Kier molecular flexibility index (Phi) is 6.29. The van der Waals surface area contributed by atoms with E-state index in [-0.39, 0.29) is 12.1 Å². The number of carbonyl (C=O) groups excluding carboxylic acids is 2. The number of amides is 1. The fourth-order valence-corrected chi connectivity index (χ4v) is 4.52. The Labute approximate surface area is 158 Å². The minimum absolute atomic E-state index is 0.0320. The molecule has 0 radical (unpaired) electrons. The molecule has 142 valence electrons. The molecule has 2 atom stereocenters. The first kappa shape index (κ1) is 20.2. The van der Waals surface area contributed by atoms with Gasteiger partial charge >= 0.3 is 12.1 Å². The third kappa shape index (κ3) is 4.36. The zero-order chi connectivity index (χ0) is 19.4. The van der Waals surface area contributed by atoms with Crippen LogP contribution in [0.25, 0.3) is 0 Å². The summed E-state index contributed by atoms with van der Waals surface area (Å²) in [6.45, 7) is 9.96.